The molecule has 0 radical (unpaired) electrons. The molecule has 28 heavy (non-hydrogen) atoms. The van der Waals surface area contributed by atoms with Crippen LogP contribution in [0.5, 0.6) is 0 Å². The van der Waals surface area contributed by atoms with Crippen molar-refractivity contribution in [3.63, 3.8) is 0 Å². The number of sulfonamides is 1. The first-order valence-corrected chi connectivity index (χ1v) is 10.8. The summed E-state index contributed by atoms with van der Waals surface area (Å²) in [6.45, 7) is 1.99. The third kappa shape index (κ3) is 5.43. The summed E-state index contributed by atoms with van der Waals surface area (Å²) in [5.74, 6) is -0.160. The Balaban J connectivity index is 1.64. The van der Waals surface area contributed by atoms with Gasteiger partial charge in [0.05, 0.1) is 11.3 Å². The summed E-state index contributed by atoms with van der Waals surface area (Å²) < 4.78 is 28.3. The molecule has 7 heteroatoms. The van der Waals surface area contributed by atoms with Crippen molar-refractivity contribution in [1.29, 1.82) is 0 Å². The van der Waals surface area contributed by atoms with E-state index in [0.29, 0.717) is 11.4 Å². The number of halogens is 1. The van der Waals surface area contributed by atoms with Gasteiger partial charge in [-0.1, -0.05) is 45.8 Å². The van der Waals surface area contributed by atoms with Gasteiger partial charge in [-0.2, -0.15) is 0 Å². The fraction of sp³-hybridized carbons (Fsp3) is 0.0952. The predicted octanol–water partition coefficient (Wildman–Crippen LogP) is 4.74. The molecule has 0 spiro atoms. The summed E-state index contributed by atoms with van der Waals surface area (Å²) in [7, 11) is -3.70. The zero-order valence-electron chi connectivity index (χ0n) is 15.1. The molecule has 0 heterocycles. The fourth-order valence-corrected chi connectivity index (χ4v) is 3.87. The minimum absolute atomic E-state index is 0.118. The van der Waals surface area contributed by atoms with E-state index in [1.54, 1.807) is 36.4 Å². The number of carbonyl (C=O) groups excluding carboxylic acids is 1. The molecule has 144 valence electrons. The Hall–Kier alpha value is -2.64. The number of hydrogen-bond donors (Lipinski definition) is 2. The molecule has 0 unspecified atom stereocenters. The number of amides is 1. The van der Waals surface area contributed by atoms with Gasteiger partial charge in [-0.3, -0.25) is 9.52 Å². The molecule has 3 aromatic rings. The zero-order valence-corrected chi connectivity index (χ0v) is 17.5. The number of aryl methyl sites for hydroxylation is 1. The summed E-state index contributed by atoms with van der Waals surface area (Å²) in [6, 6.07) is 20.7. The topological polar surface area (TPSA) is 75.3 Å². The minimum Gasteiger partial charge on any atom is -0.326 e. The lowest BCUT2D eigenvalue weighted by Crippen LogP contribution is -2.15. The zero-order chi connectivity index (χ0) is 20.1. The molecule has 0 saturated carbocycles. The van der Waals surface area contributed by atoms with Crippen LogP contribution in [-0.4, -0.2) is 14.3 Å². The first-order chi connectivity index (χ1) is 13.3. The van der Waals surface area contributed by atoms with Gasteiger partial charge in [-0.05, 0) is 61.0 Å². The third-order valence-corrected chi connectivity index (χ3v) is 5.96. The van der Waals surface area contributed by atoms with Gasteiger partial charge in [0, 0.05) is 15.8 Å². The Kier molecular flexibility index (Phi) is 6.16. The molecule has 0 fully saturated rings. The predicted molar refractivity (Wildman–Crippen MR) is 115 cm³/mol. The molecule has 0 saturated heterocycles. The van der Waals surface area contributed by atoms with Gasteiger partial charge in [0.2, 0.25) is 5.91 Å². The maximum atomic E-state index is 12.5. The lowest BCUT2D eigenvalue weighted by molar-refractivity contribution is -0.115. The van der Waals surface area contributed by atoms with E-state index in [2.05, 4.69) is 26.0 Å². The van der Waals surface area contributed by atoms with Crippen molar-refractivity contribution in [1.82, 2.24) is 0 Å². The Morgan fingerprint density at radius 2 is 1.43 bits per heavy atom. The molecule has 0 atom stereocenters. The second-order valence-electron chi connectivity index (χ2n) is 6.35. The van der Waals surface area contributed by atoms with Gasteiger partial charge >= 0.3 is 0 Å². The number of rotatable bonds is 6. The quantitative estimate of drug-likeness (QED) is 0.559. The van der Waals surface area contributed by atoms with Crippen LogP contribution in [0.25, 0.3) is 0 Å². The number of anilines is 2. The Morgan fingerprint density at radius 3 is 2.04 bits per heavy atom. The molecule has 0 aliphatic heterocycles. The Bertz CT molecular complexity index is 1060. The van der Waals surface area contributed by atoms with Crippen molar-refractivity contribution in [2.75, 3.05) is 10.0 Å². The van der Waals surface area contributed by atoms with Crippen molar-refractivity contribution in [3.8, 4) is 0 Å². The SMILES string of the molecule is Cc1ccc(CC(=O)Nc2ccc(S(=O)(=O)Nc3ccc(Br)cc3)cc2)cc1. The largest absolute Gasteiger partial charge is 0.326 e. The van der Waals surface area contributed by atoms with Gasteiger partial charge in [-0.15, -0.1) is 0 Å². The van der Waals surface area contributed by atoms with Gasteiger partial charge < -0.3 is 5.32 Å². The molecule has 2 N–H and O–H groups in total. The highest BCUT2D eigenvalue weighted by Crippen LogP contribution is 2.20. The third-order valence-electron chi connectivity index (χ3n) is 4.03. The molecule has 0 aliphatic carbocycles. The van der Waals surface area contributed by atoms with E-state index >= 15 is 0 Å². The first kappa shape index (κ1) is 20.1. The molecule has 0 bridgehead atoms. The summed E-state index contributed by atoms with van der Waals surface area (Å²) in [5, 5.41) is 2.78. The number of carbonyl (C=O) groups is 1. The van der Waals surface area contributed by atoms with E-state index in [9.17, 15) is 13.2 Å². The van der Waals surface area contributed by atoms with Crippen molar-refractivity contribution in [2.45, 2.75) is 18.2 Å². The van der Waals surface area contributed by atoms with Crippen LogP contribution in [0, 0.1) is 6.92 Å². The second-order valence-corrected chi connectivity index (χ2v) is 8.95. The summed E-state index contributed by atoms with van der Waals surface area (Å²) in [5.41, 5.74) is 3.07. The summed E-state index contributed by atoms with van der Waals surface area (Å²) in [4.78, 5) is 12.3. The highest BCUT2D eigenvalue weighted by Gasteiger charge is 2.14. The fourth-order valence-electron chi connectivity index (χ4n) is 2.55. The van der Waals surface area contributed by atoms with Crippen LogP contribution in [0.2, 0.25) is 0 Å². The molecule has 5 nitrogen and oxygen atoms in total. The molecular formula is C21H19BrN2O3S. The van der Waals surface area contributed by atoms with E-state index in [1.807, 2.05) is 31.2 Å². The van der Waals surface area contributed by atoms with E-state index in [-0.39, 0.29) is 17.2 Å². The van der Waals surface area contributed by atoms with Crippen LogP contribution in [0.4, 0.5) is 11.4 Å². The number of hydrogen-bond acceptors (Lipinski definition) is 3. The number of nitrogens with one attached hydrogen (secondary N) is 2. The van der Waals surface area contributed by atoms with Crippen LogP contribution >= 0.6 is 15.9 Å². The van der Waals surface area contributed by atoms with Gasteiger partial charge in [0.15, 0.2) is 0 Å². The van der Waals surface area contributed by atoms with Crippen molar-refractivity contribution in [3.05, 3.63) is 88.4 Å². The van der Waals surface area contributed by atoms with Crippen LogP contribution in [-0.2, 0) is 21.2 Å². The lowest BCUT2D eigenvalue weighted by atomic mass is 10.1. The highest BCUT2D eigenvalue weighted by molar-refractivity contribution is 9.10. The maximum absolute atomic E-state index is 12.5. The molecule has 0 aromatic heterocycles. The van der Waals surface area contributed by atoms with E-state index < -0.39 is 10.0 Å². The Morgan fingerprint density at radius 1 is 0.857 bits per heavy atom. The molecule has 0 aliphatic rings. The molecular weight excluding hydrogens is 440 g/mol. The van der Waals surface area contributed by atoms with Gasteiger partial charge in [0.25, 0.3) is 10.0 Å². The average molecular weight is 459 g/mol. The average Bonchev–Trinajstić information content (AvgIpc) is 2.66. The van der Waals surface area contributed by atoms with E-state index in [0.717, 1.165) is 15.6 Å². The van der Waals surface area contributed by atoms with Crippen LogP contribution < -0.4 is 10.0 Å². The molecule has 3 aromatic carbocycles. The van der Waals surface area contributed by atoms with E-state index in [1.165, 1.54) is 12.1 Å². The van der Waals surface area contributed by atoms with Crippen LogP contribution in [0.1, 0.15) is 11.1 Å². The monoisotopic (exact) mass is 458 g/mol. The molecule has 1 amide bonds. The maximum Gasteiger partial charge on any atom is 0.261 e. The van der Waals surface area contributed by atoms with Crippen molar-refractivity contribution in [2.24, 2.45) is 0 Å². The van der Waals surface area contributed by atoms with Crippen LogP contribution in [0.15, 0.2) is 82.2 Å². The smallest absolute Gasteiger partial charge is 0.261 e. The van der Waals surface area contributed by atoms with Gasteiger partial charge in [0.1, 0.15) is 0 Å². The Labute approximate surface area is 173 Å². The van der Waals surface area contributed by atoms with E-state index in [4.69, 9.17) is 0 Å². The highest BCUT2D eigenvalue weighted by atomic mass is 79.9. The minimum atomic E-state index is -3.70. The summed E-state index contributed by atoms with van der Waals surface area (Å²) >= 11 is 3.31. The van der Waals surface area contributed by atoms with Gasteiger partial charge in [-0.25, -0.2) is 8.42 Å². The normalized spacial score (nSPS) is 11.1. The van der Waals surface area contributed by atoms with Crippen molar-refractivity contribution >= 4 is 43.2 Å². The van der Waals surface area contributed by atoms with Crippen molar-refractivity contribution < 1.29 is 13.2 Å². The standard InChI is InChI=1S/C21H19BrN2O3S/c1-15-2-4-16(5-3-15)14-21(25)23-18-10-12-20(13-11-18)28(26,27)24-19-8-6-17(22)7-9-19/h2-13,24H,14H2,1H3,(H,23,25). The molecule has 3 rings (SSSR count). The first-order valence-electron chi connectivity index (χ1n) is 8.56. The lowest BCUT2D eigenvalue weighted by Gasteiger charge is -2.10. The number of benzene rings is 3. The van der Waals surface area contributed by atoms with Crippen LogP contribution in [0.3, 0.4) is 0 Å². The summed E-state index contributed by atoms with van der Waals surface area (Å²) in [6.07, 6.45) is 0.255. The second kappa shape index (κ2) is 8.58.